The molecular weight excluding hydrogens is 302 g/mol. The third-order valence-electron chi connectivity index (χ3n) is 2.46. The van der Waals surface area contributed by atoms with Crippen molar-refractivity contribution in [3.63, 3.8) is 0 Å². The van der Waals surface area contributed by atoms with E-state index >= 15 is 0 Å². The van der Waals surface area contributed by atoms with Gasteiger partial charge in [-0.15, -0.1) is 0 Å². The standard InChI is InChI=1S/C12H18BrNO2S/c1-9(8-17(3,15)16)14-10(2)11-6-4-5-7-12(11)13/h4-7,9-10,14H,8H2,1-3H3/t9?,10-/m0/s1. The molecule has 17 heavy (non-hydrogen) atoms. The van der Waals surface area contributed by atoms with E-state index in [-0.39, 0.29) is 17.8 Å². The molecule has 1 N–H and O–H groups in total. The highest BCUT2D eigenvalue weighted by Crippen LogP contribution is 2.23. The fourth-order valence-electron chi connectivity index (χ4n) is 1.85. The molecular formula is C12H18BrNO2S. The van der Waals surface area contributed by atoms with E-state index < -0.39 is 9.84 Å². The topological polar surface area (TPSA) is 46.2 Å². The molecule has 1 aromatic carbocycles. The Hall–Kier alpha value is -0.390. The molecule has 0 radical (unpaired) electrons. The second-order valence-corrected chi connectivity index (χ2v) is 7.44. The number of benzene rings is 1. The maximum absolute atomic E-state index is 11.2. The SMILES string of the molecule is CC(CS(C)(=O)=O)N[C@@H](C)c1ccccc1Br. The first-order chi connectivity index (χ1) is 7.79. The van der Waals surface area contributed by atoms with Gasteiger partial charge in [-0.05, 0) is 25.5 Å². The summed E-state index contributed by atoms with van der Waals surface area (Å²) in [4.78, 5) is 0. The Kier molecular flexibility index (Phi) is 5.16. The summed E-state index contributed by atoms with van der Waals surface area (Å²) in [6.45, 7) is 3.91. The molecule has 0 saturated carbocycles. The zero-order valence-electron chi connectivity index (χ0n) is 10.3. The number of rotatable bonds is 5. The van der Waals surface area contributed by atoms with E-state index in [1.807, 2.05) is 38.1 Å². The summed E-state index contributed by atoms with van der Waals surface area (Å²) in [5.41, 5.74) is 1.13. The Morgan fingerprint density at radius 3 is 2.41 bits per heavy atom. The highest BCUT2D eigenvalue weighted by atomic mass is 79.9. The number of halogens is 1. The molecule has 5 heteroatoms. The van der Waals surface area contributed by atoms with Gasteiger partial charge in [0.15, 0.2) is 0 Å². The zero-order valence-corrected chi connectivity index (χ0v) is 12.7. The summed E-state index contributed by atoms with van der Waals surface area (Å²) < 4.78 is 23.4. The minimum Gasteiger partial charge on any atom is -0.307 e. The van der Waals surface area contributed by atoms with E-state index in [1.165, 1.54) is 6.26 Å². The number of nitrogens with one attached hydrogen (secondary N) is 1. The van der Waals surface area contributed by atoms with Crippen molar-refractivity contribution in [1.82, 2.24) is 5.32 Å². The van der Waals surface area contributed by atoms with Crippen LogP contribution < -0.4 is 5.32 Å². The van der Waals surface area contributed by atoms with Gasteiger partial charge in [0, 0.05) is 22.8 Å². The smallest absolute Gasteiger partial charge is 0.148 e. The number of hydrogen-bond acceptors (Lipinski definition) is 3. The fourth-order valence-corrected chi connectivity index (χ4v) is 3.48. The maximum atomic E-state index is 11.2. The third-order valence-corrected chi connectivity index (χ3v) is 4.29. The van der Waals surface area contributed by atoms with E-state index in [1.54, 1.807) is 0 Å². The minimum atomic E-state index is -2.94. The first-order valence-electron chi connectivity index (χ1n) is 5.48. The van der Waals surface area contributed by atoms with Crippen molar-refractivity contribution in [3.8, 4) is 0 Å². The highest BCUT2D eigenvalue weighted by Gasteiger charge is 2.15. The van der Waals surface area contributed by atoms with Crippen LogP contribution in [0.5, 0.6) is 0 Å². The molecule has 0 spiro atoms. The molecule has 2 atom stereocenters. The van der Waals surface area contributed by atoms with Gasteiger partial charge in [-0.25, -0.2) is 8.42 Å². The van der Waals surface area contributed by atoms with E-state index in [2.05, 4.69) is 21.2 Å². The average molecular weight is 320 g/mol. The summed E-state index contributed by atoms with van der Waals surface area (Å²) >= 11 is 3.49. The van der Waals surface area contributed by atoms with Crippen molar-refractivity contribution in [1.29, 1.82) is 0 Å². The van der Waals surface area contributed by atoms with Crippen LogP contribution in [-0.4, -0.2) is 26.5 Å². The monoisotopic (exact) mass is 319 g/mol. The van der Waals surface area contributed by atoms with Crippen LogP contribution in [0.4, 0.5) is 0 Å². The van der Waals surface area contributed by atoms with E-state index in [4.69, 9.17) is 0 Å². The van der Waals surface area contributed by atoms with Gasteiger partial charge < -0.3 is 5.32 Å². The Balaban J connectivity index is 2.67. The highest BCUT2D eigenvalue weighted by molar-refractivity contribution is 9.10. The lowest BCUT2D eigenvalue weighted by Gasteiger charge is -2.20. The third kappa shape index (κ3) is 5.19. The fraction of sp³-hybridized carbons (Fsp3) is 0.500. The molecule has 0 aliphatic carbocycles. The molecule has 0 bridgehead atoms. The minimum absolute atomic E-state index is 0.0629. The normalized spacial score (nSPS) is 15.5. The van der Waals surface area contributed by atoms with Crippen molar-refractivity contribution in [3.05, 3.63) is 34.3 Å². The first kappa shape index (κ1) is 14.7. The average Bonchev–Trinajstić information content (AvgIpc) is 2.14. The molecule has 0 fully saturated rings. The van der Waals surface area contributed by atoms with Gasteiger partial charge in [0.05, 0.1) is 5.75 Å². The largest absolute Gasteiger partial charge is 0.307 e. The summed E-state index contributed by atoms with van der Waals surface area (Å²) in [7, 11) is -2.94. The van der Waals surface area contributed by atoms with Crippen LogP contribution >= 0.6 is 15.9 Å². The zero-order chi connectivity index (χ0) is 13.1. The van der Waals surface area contributed by atoms with Crippen molar-refractivity contribution in [2.24, 2.45) is 0 Å². The Bertz CT molecular complexity index is 473. The van der Waals surface area contributed by atoms with Crippen LogP contribution in [0.15, 0.2) is 28.7 Å². The molecule has 0 aliphatic rings. The van der Waals surface area contributed by atoms with Gasteiger partial charge in [-0.1, -0.05) is 34.1 Å². The predicted octanol–water partition coefficient (Wildman–Crippen LogP) is 2.53. The maximum Gasteiger partial charge on any atom is 0.148 e. The van der Waals surface area contributed by atoms with Crippen LogP contribution in [0, 0.1) is 0 Å². The van der Waals surface area contributed by atoms with Gasteiger partial charge in [0.25, 0.3) is 0 Å². The first-order valence-corrected chi connectivity index (χ1v) is 8.33. The van der Waals surface area contributed by atoms with Gasteiger partial charge >= 0.3 is 0 Å². The van der Waals surface area contributed by atoms with Crippen LogP contribution in [0.2, 0.25) is 0 Å². The van der Waals surface area contributed by atoms with E-state index in [0.717, 1.165) is 10.0 Å². The molecule has 1 aromatic rings. The Morgan fingerprint density at radius 1 is 1.29 bits per heavy atom. The van der Waals surface area contributed by atoms with Gasteiger partial charge in [-0.2, -0.15) is 0 Å². The van der Waals surface area contributed by atoms with Crippen molar-refractivity contribution in [2.75, 3.05) is 12.0 Å². The predicted molar refractivity (Wildman–Crippen MR) is 74.9 cm³/mol. The molecule has 96 valence electrons. The Labute approximate surface area is 112 Å². The second kappa shape index (κ2) is 5.98. The van der Waals surface area contributed by atoms with Crippen molar-refractivity contribution < 1.29 is 8.42 Å². The lowest BCUT2D eigenvalue weighted by Crippen LogP contribution is -2.34. The molecule has 0 saturated heterocycles. The summed E-state index contributed by atoms with van der Waals surface area (Å²) in [6, 6.07) is 7.98. The van der Waals surface area contributed by atoms with Gasteiger partial charge in [-0.3, -0.25) is 0 Å². The van der Waals surface area contributed by atoms with Crippen molar-refractivity contribution in [2.45, 2.75) is 25.9 Å². The lowest BCUT2D eigenvalue weighted by molar-refractivity contribution is 0.499. The molecule has 1 unspecified atom stereocenters. The van der Waals surface area contributed by atoms with Gasteiger partial charge in [0.2, 0.25) is 0 Å². The van der Waals surface area contributed by atoms with Crippen molar-refractivity contribution >= 4 is 25.8 Å². The van der Waals surface area contributed by atoms with Crippen LogP contribution in [0.25, 0.3) is 0 Å². The molecule has 0 amide bonds. The van der Waals surface area contributed by atoms with Crippen LogP contribution in [-0.2, 0) is 9.84 Å². The molecule has 3 nitrogen and oxygen atoms in total. The van der Waals surface area contributed by atoms with E-state index in [9.17, 15) is 8.42 Å². The second-order valence-electron chi connectivity index (χ2n) is 4.40. The number of hydrogen-bond donors (Lipinski definition) is 1. The summed E-state index contributed by atoms with van der Waals surface area (Å²) in [5.74, 6) is 0.155. The lowest BCUT2D eigenvalue weighted by atomic mass is 10.1. The van der Waals surface area contributed by atoms with Crippen LogP contribution in [0.3, 0.4) is 0 Å². The van der Waals surface area contributed by atoms with Crippen LogP contribution in [0.1, 0.15) is 25.5 Å². The van der Waals surface area contributed by atoms with E-state index in [0.29, 0.717) is 0 Å². The summed E-state index contributed by atoms with van der Waals surface area (Å²) in [5, 5.41) is 3.28. The molecule has 0 aliphatic heterocycles. The quantitative estimate of drug-likeness (QED) is 0.907. The summed E-state index contributed by atoms with van der Waals surface area (Å²) in [6.07, 6.45) is 1.26. The molecule has 0 aromatic heterocycles. The Morgan fingerprint density at radius 2 is 1.88 bits per heavy atom. The molecule has 0 heterocycles. The van der Waals surface area contributed by atoms with Gasteiger partial charge in [0.1, 0.15) is 9.84 Å². The molecule has 1 rings (SSSR count). The number of sulfone groups is 1.